The van der Waals surface area contributed by atoms with Gasteiger partial charge in [-0.2, -0.15) is 0 Å². The summed E-state index contributed by atoms with van der Waals surface area (Å²) >= 11 is 0. The molecular formula is C33H36N10O5. The van der Waals surface area contributed by atoms with Crippen molar-refractivity contribution in [3.05, 3.63) is 77.8 Å². The number of ether oxygens (including phenoxy) is 2. The zero-order valence-corrected chi connectivity index (χ0v) is 26.6. The van der Waals surface area contributed by atoms with Crippen LogP contribution in [-0.4, -0.2) is 76.7 Å². The number of nitrogens with zero attached hydrogens (tertiary/aromatic N) is 10. The molecule has 1 unspecified atom stereocenters. The summed E-state index contributed by atoms with van der Waals surface area (Å²) in [6, 6.07) is 7.64. The maximum atomic E-state index is 13.8. The van der Waals surface area contributed by atoms with Crippen molar-refractivity contribution < 1.29 is 19.1 Å². The molecule has 1 atom stereocenters. The summed E-state index contributed by atoms with van der Waals surface area (Å²) in [5, 5.41) is 8.07. The lowest BCUT2D eigenvalue weighted by Gasteiger charge is -2.39. The lowest BCUT2D eigenvalue weighted by Crippen LogP contribution is -2.48. The number of amides is 1. The van der Waals surface area contributed by atoms with Gasteiger partial charge in [-0.25, -0.2) is 9.78 Å². The van der Waals surface area contributed by atoms with Crippen LogP contribution in [0.2, 0.25) is 0 Å². The van der Waals surface area contributed by atoms with Gasteiger partial charge < -0.3 is 23.8 Å². The number of fused-ring (bicyclic) bond motifs is 5. The van der Waals surface area contributed by atoms with Crippen LogP contribution in [0.5, 0.6) is 5.75 Å². The number of aromatic nitrogens is 2. The van der Waals surface area contributed by atoms with Crippen LogP contribution in [-0.2, 0) is 29.1 Å². The van der Waals surface area contributed by atoms with Gasteiger partial charge in [-0.3, -0.25) is 9.59 Å². The highest BCUT2D eigenvalue weighted by molar-refractivity contribution is 5.90. The van der Waals surface area contributed by atoms with Crippen molar-refractivity contribution in [2.45, 2.75) is 70.1 Å². The zero-order valence-electron chi connectivity index (χ0n) is 26.6. The highest BCUT2D eigenvalue weighted by Gasteiger charge is 2.35. The number of pyridine rings is 2. The Morgan fingerprint density at radius 2 is 1.77 bits per heavy atom. The number of cyclic esters (lactones) is 1. The first kappa shape index (κ1) is 31.5. The Kier molecular flexibility index (Phi) is 8.90. The van der Waals surface area contributed by atoms with Crippen LogP contribution in [0.15, 0.2) is 39.3 Å². The van der Waals surface area contributed by atoms with Crippen LogP contribution >= 0.6 is 0 Å². The van der Waals surface area contributed by atoms with E-state index in [9.17, 15) is 14.4 Å². The second kappa shape index (κ2) is 13.6. The van der Waals surface area contributed by atoms with E-state index in [1.807, 2.05) is 6.07 Å². The van der Waals surface area contributed by atoms with E-state index in [0.29, 0.717) is 59.3 Å². The van der Waals surface area contributed by atoms with Gasteiger partial charge in [0.05, 0.1) is 34.9 Å². The number of carbonyl (C=O) groups excluding carboxylic acids is 2. The number of carbonyl (C=O) groups is 2. The van der Waals surface area contributed by atoms with E-state index in [-0.39, 0.29) is 44.3 Å². The van der Waals surface area contributed by atoms with Crippen LogP contribution in [0, 0.1) is 0 Å². The summed E-state index contributed by atoms with van der Waals surface area (Å²) in [6.45, 7) is 3.96. The molecule has 2 fully saturated rings. The summed E-state index contributed by atoms with van der Waals surface area (Å²) in [4.78, 5) is 54.7. The van der Waals surface area contributed by atoms with Crippen molar-refractivity contribution in [3.8, 4) is 17.1 Å². The number of azide groups is 2. The van der Waals surface area contributed by atoms with Gasteiger partial charge in [0, 0.05) is 53.0 Å². The van der Waals surface area contributed by atoms with E-state index in [1.54, 1.807) is 27.7 Å². The minimum atomic E-state index is -0.736. The molecule has 1 aromatic carbocycles. The van der Waals surface area contributed by atoms with Gasteiger partial charge in [-0.1, -0.05) is 16.6 Å². The fourth-order valence-electron chi connectivity index (χ4n) is 7.70. The highest BCUT2D eigenvalue weighted by Crippen LogP contribution is 2.40. The third-order valence-electron chi connectivity index (χ3n) is 10.1. The molecule has 2 saturated heterocycles. The summed E-state index contributed by atoms with van der Waals surface area (Å²) < 4.78 is 12.9. The van der Waals surface area contributed by atoms with E-state index in [1.165, 1.54) is 19.3 Å². The average Bonchev–Trinajstić information content (AvgIpc) is 3.48. The molecule has 15 heteroatoms. The van der Waals surface area contributed by atoms with Gasteiger partial charge in [0.25, 0.3) is 5.56 Å². The van der Waals surface area contributed by atoms with Crippen LogP contribution < -0.4 is 10.3 Å². The predicted octanol–water partition coefficient (Wildman–Crippen LogP) is 5.57. The number of hydrogen-bond acceptors (Lipinski definition) is 9. The van der Waals surface area contributed by atoms with Crippen molar-refractivity contribution in [2.24, 2.45) is 10.2 Å². The molecule has 15 nitrogen and oxygen atoms in total. The molecule has 0 spiro atoms. The number of likely N-dealkylation sites (tertiary alicyclic amines) is 2. The molecule has 4 aliphatic rings. The predicted molar refractivity (Wildman–Crippen MR) is 175 cm³/mol. The van der Waals surface area contributed by atoms with Gasteiger partial charge in [-0.05, 0) is 98.1 Å². The van der Waals surface area contributed by atoms with E-state index in [4.69, 9.17) is 25.5 Å². The minimum Gasteiger partial charge on any atom is -0.460 e. The molecule has 7 rings (SSSR count). The molecular weight excluding hydrogens is 616 g/mol. The van der Waals surface area contributed by atoms with E-state index in [0.717, 1.165) is 42.4 Å². The second-order valence-corrected chi connectivity index (χ2v) is 12.7. The quantitative estimate of drug-likeness (QED) is 0.103. The first-order valence-corrected chi connectivity index (χ1v) is 16.6. The third-order valence-corrected chi connectivity index (χ3v) is 10.1. The monoisotopic (exact) mass is 652 g/mol. The van der Waals surface area contributed by atoms with Crippen molar-refractivity contribution in [1.82, 2.24) is 19.4 Å². The Morgan fingerprint density at radius 1 is 1.00 bits per heavy atom. The molecule has 0 bridgehead atoms. The lowest BCUT2D eigenvalue weighted by molar-refractivity contribution is -0.148. The molecule has 6 heterocycles. The molecule has 1 amide bonds. The largest absolute Gasteiger partial charge is 0.460 e. The minimum absolute atomic E-state index is 0.0843. The zero-order chi connectivity index (χ0) is 33.2. The van der Waals surface area contributed by atoms with Gasteiger partial charge in [0.2, 0.25) is 0 Å². The van der Waals surface area contributed by atoms with Crippen LogP contribution in [0.25, 0.3) is 43.2 Å². The molecule has 0 aliphatic carbocycles. The Labute approximate surface area is 275 Å². The number of piperidine rings is 2. The fourth-order valence-corrected chi connectivity index (χ4v) is 7.70. The SMILES string of the molecule is [N-]=[N+]=NCCc1c2c(nc3ccc(OC(=O)N4CCC(N5CCCCC5)CC4)cc13)-c1cc3c(c(=O)n1C2)COC(=O)C3CCN=[N+]=[N-]. The summed E-state index contributed by atoms with van der Waals surface area (Å²) in [5.41, 5.74) is 21.9. The summed E-state index contributed by atoms with van der Waals surface area (Å²) in [5.74, 6) is -0.813. The van der Waals surface area contributed by atoms with Gasteiger partial charge in [0.1, 0.15) is 12.4 Å². The van der Waals surface area contributed by atoms with Crippen LogP contribution in [0.4, 0.5) is 4.79 Å². The Balaban J connectivity index is 1.19. The summed E-state index contributed by atoms with van der Waals surface area (Å²) in [6.07, 6.45) is 5.87. The first-order chi connectivity index (χ1) is 23.5. The maximum absolute atomic E-state index is 13.8. The lowest BCUT2D eigenvalue weighted by atomic mass is 9.89. The fraction of sp³-hybridized carbons (Fsp3) is 0.515. The molecule has 248 valence electrons. The standard InChI is InChI=1S/C33H36N10O5/c34-39-36-10-6-22-25-16-21(48-33(46)42-14-8-20(9-15-42)41-12-2-1-3-13-41)4-5-28(25)38-30-26(22)18-43-29(30)17-24-23(7-11-37-40-35)32(45)47-19-27(24)31(43)44/h4-5,16-17,20,23H,1-3,6-15,18-19H2. The second-order valence-electron chi connectivity index (χ2n) is 12.7. The Hall–Kier alpha value is -5.10. The number of hydrogen-bond donors (Lipinski definition) is 0. The van der Waals surface area contributed by atoms with Gasteiger partial charge in [0.15, 0.2) is 0 Å². The van der Waals surface area contributed by atoms with E-state index >= 15 is 0 Å². The average molecular weight is 653 g/mol. The van der Waals surface area contributed by atoms with Crippen molar-refractivity contribution in [1.29, 1.82) is 0 Å². The van der Waals surface area contributed by atoms with Crippen molar-refractivity contribution in [3.63, 3.8) is 0 Å². The molecule has 48 heavy (non-hydrogen) atoms. The maximum Gasteiger partial charge on any atom is 0.415 e. The first-order valence-electron chi connectivity index (χ1n) is 16.6. The molecule has 2 aromatic heterocycles. The Morgan fingerprint density at radius 3 is 2.54 bits per heavy atom. The van der Waals surface area contributed by atoms with E-state index in [2.05, 4.69) is 25.0 Å². The van der Waals surface area contributed by atoms with Gasteiger partial charge in [-0.15, -0.1) is 0 Å². The van der Waals surface area contributed by atoms with Crippen LogP contribution in [0.3, 0.4) is 0 Å². The molecule has 3 aromatic rings. The molecule has 0 saturated carbocycles. The topological polar surface area (TPSA) is 191 Å². The highest BCUT2D eigenvalue weighted by atomic mass is 16.6. The normalized spacial score (nSPS) is 19.0. The van der Waals surface area contributed by atoms with Crippen molar-refractivity contribution >= 4 is 23.0 Å². The molecule has 4 aliphatic heterocycles. The molecule has 0 N–H and O–H groups in total. The van der Waals surface area contributed by atoms with Crippen molar-refractivity contribution in [2.75, 3.05) is 39.3 Å². The summed E-state index contributed by atoms with van der Waals surface area (Å²) in [7, 11) is 0. The number of benzene rings is 1. The van der Waals surface area contributed by atoms with Gasteiger partial charge >= 0.3 is 12.1 Å². The third kappa shape index (κ3) is 5.92. The number of esters is 1. The van der Waals surface area contributed by atoms with E-state index < -0.39 is 11.9 Å². The number of rotatable bonds is 8. The smallest absolute Gasteiger partial charge is 0.415 e. The Bertz CT molecular complexity index is 1930. The molecule has 0 radical (unpaired) electrons. The van der Waals surface area contributed by atoms with Crippen LogP contribution in [0.1, 0.15) is 66.7 Å².